The molecule has 1 aromatic carbocycles. The summed E-state index contributed by atoms with van der Waals surface area (Å²) in [6.07, 6.45) is 3.58. The maximum Gasteiger partial charge on any atom is 0.0462 e. The fourth-order valence-electron chi connectivity index (χ4n) is 1.47. The summed E-state index contributed by atoms with van der Waals surface area (Å²) >= 11 is 7.89. The number of hydrogen-bond acceptors (Lipinski definition) is 3. The van der Waals surface area contributed by atoms with Crippen molar-refractivity contribution >= 4 is 23.4 Å². The molecule has 0 fully saturated rings. The smallest absolute Gasteiger partial charge is 0.0462 e. The van der Waals surface area contributed by atoms with Crippen molar-refractivity contribution in [3.63, 3.8) is 0 Å². The fourth-order valence-corrected chi connectivity index (χ4v) is 2.62. The van der Waals surface area contributed by atoms with Gasteiger partial charge in [0.2, 0.25) is 0 Å². The van der Waals surface area contributed by atoms with E-state index in [1.165, 1.54) is 0 Å². The summed E-state index contributed by atoms with van der Waals surface area (Å²) in [5.41, 5.74) is 1.12. The Balaban J connectivity index is 2.15. The van der Waals surface area contributed by atoms with Gasteiger partial charge in [-0.05, 0) is 36.9 Å². The van der Waals surface area contributed by atoms with E-state index in [1.54, 1.807) is 24.2 Å². The molecule has 0 aliphatic carbocycles. The summed E-state index contributed by atoms with van der Waals surface area (Å²) in [5.74, 6) is 0. The Morgan fingerprint density at radius 1 is 1.18 bits per heavy atom. The minimum atomic E-state index is 0.791. The van der Waals surface area contributed by atoms with Crippen molar-refractivity contribution in [3.05, 3.63) is 53.3 Å². The summed E-state index contributed by atoms with van der Waals surface area (Å²) in [6, 6.07) is 10.1. The van der Waals surface area contributed by atoms with Crippen molar-refractivity contribution in [2.24, 2.45) is 0 Å². The van der Waals surface area contributed by atoms with Crippen LogP contribution in [0.1, 0.15) is 5.56 Å². The van der Waals surface area contributed by atoms with E-state index < -0.39 is 0 Å². The van der Waals surface area contributed by atoms with Crippen LogP contribution >= 0.6 is 23.4 Å². The highest BCUT2D eigenvalue weighted by atomic mass is 35.5. The Bertz CT molecular complexity index is 488. The zero-order valence-electron chi connectivity index (χ0n) is 9.48. The van der Waals surface area contributed by atoms with E-state index in [9.17, 15) is 0 Å². The molecule has 1 N–H and O–H groups in total. The number of hydrogen-bond donors (Lipinski definition) is 1. The van der Waals surface area contributed by atoms with Crippen molar-refractivity contribution in [1.29, 1.82) is 0 Å². The summed E-state index contributed by atoms with van der Waals surface area (Å²) in [5, 5.41) is 3.90. The van der Waals surface area contributed by atoms with Crippen LogP contribution in [0.5, 0.6) is 0 Å². The van der Waals surface area contributed by atoms with Gasteiger partial charge in [-0.2, -0.15) is 0 Å². The van der Waals surface area contributed by atoms with Gasteiger partial charge in [0.05, 0.1) is 0 Å². The highest BCUT2D eigenvalue weighted by Gasteiger charge is 2.02. The van der Waals surface area contributed by atoms with E-state index in [1.807, 2.05) is 25.2 Å². The second kappa shape index (κ2) is 6.05. The van der Waals surface area contributed by atoms with Crippen LogP contribution in [0.4, 0.5) is 0 Å². The van der Waals surface area contributed by atoms with E-state index in [0.29, 0.717) is 0 Å². The van der Waals surface area contributed by atoms with Crippen molar-refractivity contribution < 1.29 is 0 Å². The first kappa shape index (κ1) is 12.4. The Morgan fingerprint density at radius 3 is 2.59 bits per heavy atom. The monoisotopic (exact) mass is 264 g/mol. The lowest BCUT2D eigenvalue weighted by atomic mass is 10.2. The van der Waals surface area contributed by atoms with E-state index >= 15 is 0 Å². The Hall–Kier alpha value is -1.03. The predicted molar refractivity (Wildman–Crippen MR) is 72.6 cm³/mol. The third-order valence-corrected chi connectivity index (χ3v) is 3.63. The van der Waals surface area contributed by atoms with Gasteiger partial charge in [0.15, 0.2) is 0 Å². The van der Waals surface area contributed by atoms with Gasteiger partial charge in [-0.1, -0.05) is 29.4 Å². The van der Waals surface area contributed by atoms with Crippen LogP contribution in [0.25, 0.3) is 0 Å². The number of rotatable bonds is 4. The average molecular weight is 265 g/mol. The highest BCUT2D eigenvalue weighted by molar-refractivity contribution is 7.99. The third kappa shape index (κ3) is 3.46. The number of aromatic nitrogens is 1. The Kier molecular flexibility index (Phi) is 4.42. The molecule has 1 aromatic heterocycles. The van der Waals surface area contributed by atoms with Crippen LogP contribution in [0, 0.1) is 0 Å². The van der Waals surface area contributed by atoms with E-state index in [2.05, 4.69) is 22.4 Å². The summed E-state index contributed by atoms with van der Waals surface area (Å²) < 4.78 is 0. The molecule has 0 amide bonds. The van der Waals surface area contributed by atoms with Crippen LogP contribution in [-0.4, -0.2) is 12.0 Å². The minimum Gasteiger partial charge on any atom is -0.316 e. The number of nitrogens with one attached hydrogen (secondary N) is 1. The van der Waals surface area contributed by atoms with Crippen molar-refractivity contribution in [1.82, 2.24) is 10.3 Å². The van der Waals surface area contributed by atoms with Crippen LogP contribution in [0.15, 0.2) is 52.5 Å². The molecule has 0 saturated heterocycles. The third-order valence-electron chi connectivity index (χ3n) is 2.28. The highest BCUT2D eigenvalue weighted by Crippen LogP contribution is 2.30. The quantitative estimate of drug-likeness (QED) is 0.913. The molecule has 88 valence electrons. The lowest BCUT2D eigenvalue weighted by Crippen LogP contribution is -2.05. The second-order valence-electron chi connectivity index (χ2n) is 3.57. The van der Waals surface area contributed by atoms with Gasteiger partial charge < -0.3 is 5.32 Å². The molecular weight excluding hydrogens is 252 g/mol. The molecule has 4 heteroatoms. The number of halogens is 1. The van der Waals surface area contributed by atoms with Gasteiger partial charge in [-0.15, -0.1) is 0 Å². The van der Waals surface area contributed by atoms with Crippen molar-refractivity contribution in [2.75, 3.05) is 7.05 Å². The number of benzene rings is 1. The molecule has 0 aliphatic heterocycles. The average Bonchev–Trinajstić information content (AvgIpc) is 2.34. The van der Waals surface area contributed by atoms with E-state index in [-0.39, 0.29) is 0 Å². The number of pyridine rings is 1. The largest absolute Gasteiger partial charge is 0.316 e. The summed E-state index contributed by atoms with van der Waals surface area (Å²) in [7, 11) is 1.91. The lowest BCUT2D eigenvalue weighted by Gasteiger charge is -2.06. The molecule has 0 spiro atoms. The van der Waals surface area contributed by atoms with Gasteiger partial charge in [0.1, 0.15) is 0 Å². The number of nitrogens with zero attached hydrogens (tertiary/aromatic N) is 1. The topological polar surface area (TPSA) is 24.9 Å². The molecule has 0 radical (unpaired) electrons. The molecule has 1 heterocycles. The van der Waals surface area contributed by atoms with E-state index in [4.69, 9.17) is 11.6 Å². The van der Waals surface area contributed by atoms with Gasteiger partial charge in [-0.3, -0.25) is 4.98 Å². The first-order valence-corrected chi connectivity index (χ1v) is 6.50. The second-order valence-corrected chi connectivity index (χ2v) is 5.12. The Labute approximate surface area is 110 Å². The zero-order valence-corrected chi connectivity index (χ0v) is 11.1. The molecule has 0 saturated carbocycles. The van der Waals surface area contributed by atoms with Gasteiger partial charge >= 0.3 is 0 Å². The maximum absolute atomic E-state index is 6.21. The van der Waals surface area contributed by atoms with E-state index in [0.717, 1.165) is 26.9 Å². The first-order valence-electron chi connectivity index (χ1n) is 5.30. The summed E-state index contributed by atoms with van der Waals surface area (Å²) in [4.78, 5) is 6.30. The van der Waals surface area contributed by atoms with Crippen LogP contribution in [0.3, 0.4) is 0 Å². The van der Waals surface area contributed by atoms with Gasteiger partial charge in [0, 0.05) is 33.8 Å². The molecular formula is C13H13ClN2S. The van der Waals surface area contributed by atoms with Crippen molar-refractivity contribution in [2.45, 2.75) is 16.3 Å². The molecule has 0 bridgehead atoms. The molecule has 2 aromatic rings. The predicted octanol–water partition coefficient (Wildman–Crippen LogP) is 3.61. The van der Waals surface area contributed by atoms with Gasteiger partial charge in [-0.25, -0.2) is 0 Å². The fraction of sp³-hybridized carbons (Fsp3) is 0.154. The van der Waals surface area contributed by atoms with Crippen LogP contribution in [-0.2, 0) is 6.54 Å². The van der Waals surface area contributed by atoms with Gasteiger partial charge in [0.25, 0.3) is 0 Å². The minimum absolute atomic E-state index is 0.791. The van der Waals surface area contributed by atoms with Crippen molar-refractivity contribution in [3.8, 4) is 0 Å². The standard InChI is InChI=1S/C13H13ClN2S/c1-15-9-10-2-3-12(8-13(10)14)17-11-4-6-16-7-5-11/h2-8,15H,9H2,1H3. The molecule has 0 atom stereocenters. The summed E-state index contributed by atoms with van der Waals surface area (Å²) in [6.45, 7) is 0.791. The lowest BCUT2D eigenvalue weighted by molar-refractivity contribution is 0.817. The first-order chi connectivity index (χ1) is 8.29. The Morgan fingerprint density at radius 2 is 1.94 bits per heavy atom. The molecule has 0 aliphatic rings. The molecule has 2 nitrogen and oxygen atoms in total. The SMILES string of the molecule is CNCc1ccc(Sc2ccncc2)cc1Cl. The molecule has 17 heavy (non-hydrogen) atoms. The normalized spacial score (nSPS) is 10.5. The van der Waals surface area contributed by atoms with Crippen LogP contribution < -0.4 is 5.32 Å². The van der Waals surface area contributed by atoms with Crippen LogP contribution in [0.2, 0.25) is 5.02 Å². The maximum atomic E-state index is 6.21. The molecule has 2 rings (SSSR count). The molecule has 0 unspecified atom stereocenters. The zero-order chi connectivity index (χ0) is 12.1.